The Balaban J connectivity index is 2.26. The molecule has 0 spiro atoms. The van der Waals surface area contributed by atoms with Gasteiger partial charge in [-0.1, -0.05) is 23.7 Å². The van der Waals surface area contributed by atoms with Crippen molar-refractivity contribution >= 4 is 33.2 Å². The van der Waals surface area contributed by atoms with Crippen LogP contribution in [-0.2, 0) is 0 Å². The largest absolute Gasteiger partial charge is 0.367 e. The molecule has 2 rings (SSSR count). The zero-order chi connectivity index (χ0) is 13.1. The molecule has 0 aliphatic heterocycles. The molecule has 0 saturated carbocycles. The number of hydrogen-bond donors (Lipinski definition) is 0. The van der Waals surface area contributed by atoms with Crippen LogP contribution in [0.25, 0.3) is 0 Å². The summed E-state index contributed by atoms with van der Waals surface area (Å²) in [6, 6.07) is 10.2. The van der Waals surface area contributed by atoms with Crippen molar-refractivity contribution in [1.29, 1.82) is 0 Å². The third-order valence-corrected chi connectivity index (χ3v) is 3.93. The second kappa shape index (κ2) is 5.72. The Labute approximate surface area is 121 Å². The maximum atomic E-state index is 5.91. The molecule has 1 aromatic carbocycles. The normalized spacial score (nSPS) is 12.2. The first kappa shape index (κ1) is 13.4. The topological polar surface area (TPSA) is 16.1 Å². The van der Waals surface area contributed by atoms with E-state index in [-0.39, 0.29) is 6.04 Å². The van der Waals surface area contributed by atoms with Crippen LogP contribution < -0.4 is 4.90 Å². The van der Waals surface area contributed by atoms with Crippen molar-refractivity contribution in [3.8, 4) is 0 Å². The smallest absolute Gasteiger partial charge is 0.0592 e. The molecule has 0 N–H and O–H groups in total. The van der Waals surface area contributed by atoms with Crippen LogP contribution in [0.4, 0.5) is 5.69 Å². The predicted octanol–water partition coefficient (Wildman–Crippen LogP) is 4.69. The van der Waals surface area contributed by atoms with Crippen molar-refractivity contribution in [2.45, 2.75) is 13.0 Å². The summed E-state index contributed by atoms with van der Waals surface area (Å²) >= 11 is 9.43. The van der Waals surface area contributed by atoms with Crippen molar-refractivity contribution in [3.63, 3.8) is 0 Å². The van der Waals surface area contributed by atoms with E-state index < -0.39 is 0 Å². The highest BCUT2D eigenvalue weighted by Gasteiger charge is 2.14. The minimum absolute atomic E-state index is 0.265. The van der Waals surface area contributed by atoms with Gasteiger partial charge in [0.1, 0.15) is 0 Å². The fraction of sp³-hybridized carbons (Fsp3) is 0.214. The van der Waals surface area contributed by atoms with Crippen LogP contribution in [0.3, 0.4) is 0 Å². The van der Waals surface area contributed by atoms with Crippen LogP contribution in [0, 0.1) is 0 Å². The summed E-state index contributed by atoms with van der Waals surface area (Å²) in [5.41, 5.74) is 2.35. The first-order valence-corrected chi connectivity index (χ1v) is 6.84. The van der Waals surface area contributed by atoms with Crippen molar-refractivity contribution in [3.05, 3.63) is 57.8 Å². The van der Waals surface area contributed by atoms with Crippen molar-refractivity contribution in [1.82, 2.24) is 4.98 Å². The number of pyridine rings is 1. The molecule has 2 nitrogen and oxygen atoms in total. The van der Waals surface area contributed by atoms with Crippen LogP contribution in [0.2, 0.25) is 5.02 Å². The fourth-order valence-electron chi connectivity index (χ4n) is 1.83. The van der Waals surface area contributed by atoms with Gasteiger partial charge in [-0.2, -0.15) is 0 Å². The van der Waals surface area contributed by atoms with Gasteiger partial charge in [0.25, 0.3) is 0 Å². The Morgan fingerprint density at radius 3 is 2.50 bits per heavy atom. The summed E-state index contributed by atoms with van der Waals surface area (Å²) in [6.07, 6.45) is 3.60. The van der Waals surface area contributed by atoms with E-state index in [0.29, 0.717) is 0 Å². The number of halogens is 2. The Kier molecular flexibility index (Phi) is 4.25. The van der Waals surface area contributed by atoms with Crippen LogP contribution in [0.15, 0.2) is 47.2 Å². The molecule has 0 amide bonds. The molecule has 18 heavy (non-hydrogen) atoms. The molecule has 0 aliphatic carbocycles. The molecule has 0 bridgehead atoms. The molecule has 1 atom stereocenters. The van der Waals surface area contributed by atoms with Crippen LogP contribution in [-0.4, -0.2) is 12.0 Å². The van der Waals surface area contributed by atoms with E-state index >= 15 is 0 Å². The maximum absolute atomic E-state index is 5.91. The van der Waals surface area contributed by atoms with Gasteiger partial charge >= 0.3 is 0 Å². The summed E-state index contributed by atoms with van der Waals surface area (Å²) in [6.45, 7) is 2.16. The maximum Gasteiger partial charge on any atom is 0.0592 e. The zero-order valence-electron chi connectivity index (χ0n) is 10.3. The van der Waals surface area contributed by atoms with Gasteiger partial charge in [-0.05, 0) is 46.6 Å². The highest BCUT2D eigenvalue weighted by Crippen LogP contribution is 2.30. The summed E-state index contributed by atoms with van der Waals surface area (Å²) in [4.78, 5) is 6.28. The molecule has 0 radical (unpaired) electrons. The lowest BCUT2D eigenvalue weighted by Crippen LogP contribution is -2.21. The van der Waals surface area contributed by atoms with Crippen molar-refractivity contribution < 1.29 is 0 Å². The summed E-state index contributed by atoms with van der Waals surface area (Å²) in [5.74, 6) is 0. The first-order valence-electron chi connectivity index (χ1n) is 5.67. The molecule has 94 valence electrons. The molecule has 0 aliphatic rings. The molecule has 4 heteroatoms. The monoisotopic (exact) mass is 324 g/mol. The highest BCUT2D eigenvalue weighted by atomic mass is 79.9. The molecular formula is C14H14BrClN2. The standard InChI is InChI=1S/C14H14BrClN2/c1-10(11-3-5-12(16)6-4-11)18(2)14-7-8-17-9-13(14)15/h3-10H,1-2H3. The minimum Gasteiger partial charge on any atom is -0.367 e. The van der Waals surface area contributed by atoms with Crippen LogP contribution in [0.5, 0.6) is 0 Å². The van der Waals surface area contributed by atoms with Gasteiger partial charge < -0.3 is 4.90 Å². The Hall–Kier alpha value is -1.06. The number of benzene rings is 1. The first-order chi connectivity index (χ1) is 8.59. The zero-order valence-corrected chi connectivity index (χ0v) is 12.6. The molecule has 0 fully saturated rings. The van der Waals surface area contributed by atoms with E-state index in [1.165, 1.54) is 5.56 Å². The molecular weight excluding hydrogens is 312 g/mol. The summed E-state index contributed by atoms with van der Waals surface area (Å²) in [5, 5.41) is 0.763. The highest BCUT2D eigenvalue weighted by molar-refractivity contribution is 9.10. The number of aromatic nitrogens is 1. The second-order valence-electron chi connectivity index (χ2n) is 4.17. The predicted molar refractivity (Wildman–Crippen MR) is 80.2 cm³/mol. The van der Waals surface area contributed by atoms with E-state index in [1.807, 2.05) is 18.2 Å². The third-order valence-electron chi connectivity index (χ3n) is 3.06. The van der Waals surface area contributed by atoms with Gasteiger partial charge in [0, 0.05) is 24.5 Å². The van der Waals surface area contributed by atoms with Gasteiger partial charge in [0.15, 0.2) is 0 Å². The quantitative estimate of drug-likeness (QED) is 0.813. The Bertz CT molecular complexity index is 528. The van der Waals surface area contributed by atoms with Crippen LogP contribution >= 0.6 is 27.5 Å². The van der Waals surface area contributed by atoms with Gasteiger partial charge in [-0.15, -0.1) is 0 Å². The van der Waals surface area contributed by atoms with E-state index in [9.17, 15) is 0 Å². The summed E-state index contributed by atoms with van der Waals surface area (Å²) < 4.78 is 0.994. The average Bonchev–Trinajstić information content (AvgIpc) is 2.38. The number of nitrogens with zero attached hydrogens (tertiary/aromatic N) is 2. The van der Waals surface area contributed by atoms with E-state index in [4.69, 9.17) is 11.6 Å². The molecule has 1 unspecified atom stereocenters. The molecule has 1 heterocycles. The fourth-order valence-corrected chi connectivity index (χ4v) is 2.48. The molecule has 1 aromatic heterocycles. The Morgan fingerprint density at radius 2 is 1.89 bits per heavy atom. The number of hydrogen-bond acceptors (Lipinski definition) is 2. The van der Waals surface area contributed by atoms with E-state index in [2.05, 4.69) is 51.9 Å². The summed E-state index contributed by atoms with van der Waals surface area (Å²) in [7, 11) is 2.07. The minimum atomic E-state index is 0.265. The van der Waals surface area contributed by atoms with Crippen LogP contribution in [0.1, 0.15) is 18.5 Å². The van der Waals surface area contributed by atoms with Gasteiger partial charge in [0.05, 0.1) is 16.2 Å². The Morgan fingerprint density at radius 1 is 1.22 bits per heavy atom. The third kappa shape index (κ3) is 2.85. The lowest BCUT2D eigenvalue weighted by atomic mass is 10.1. The number of rotatable bonds is 3. The lowest BCUT2D eigenvalue weighted by Gasteiger charge is -2.28. The number of anilines is 1. The SMILES string of the molecule is CC(c1ccc(Cl)cc1)N(C)c1ccncc1Br. The van der Waals surface area contributed by atoms with E-state index in [0.717, 1.165) is 15.2 Å². The van der Waals surface area contributed by atoms with Crippen molar-refractivity contribution in [2.75, 3.05) is 11.9 Å². The molecule has 0 saturated heterocycles. The molecule has 2 aromatic rings. The average molecular weight is 326 g/mol. The van der Waals surface area contributed by atoms with Gasteiger partial charge in [-0.3, -0.25) is 4.98 Å². The second-order valence-corrected chi connectivity index (χ2v) is 5.46. The van der Waals surface area contributed by atoms with Crippen molar-refractivity contribution in [2.24, 2.45) is 0 Å². The van der Waals surface area contributed by atoms with Gasteiger partial charge in [0.2, 0.25) is 0 Å². The van der Waals surface area contributed by atoms with E-state index in [1.54, 1.807) is 12.4 Å². The van der Waals surface area contributed by atoms with Gasteiger partial charge in [-0.25, -0.2) is 0 Å². The lowest BCUT2D eigenvalue weighted by molar-refractivity contribution is 0.737.